The van der Waals surface area contributed by atoms with Crippen molar-refractivity contribution in [2.75, 3.05) is 5.73 Å². The van der Waals surface area contributed by atoms with Gasteiger partial charge in [-0.05, 0) is 12.1 Å². The molecule has 0 aliphatic heterocycles. The smallest absolute Gasteiger partial charge is 0.335 e. The van der Waals surface area contributed by atoms with Gasteiger partial charge in [0.2, 0.25) is 0 Å². The van der Waals surface area contributed by atoms with Crippen molar-refractivity contribution < 1.29 is 18.7 Å². The van der Waals surface area contributed by atoms with Crippen LogP contribution in [0.1, 0.15) is 10.4 Å². The normalized spacial score (nSPS) is 9.83. The molecule has 0 amide bonds. The molecular formula is C7H5F2NO2. The summed E-state index contributed by atoms with van der Waals surface area (Å²) in [4.78, 5) is 10.3. The summed E-state index contributed by atoms with van der Waals surface area (Å²) in [6.07, 6.45) is 0. The highest BCUT2D eigenvalue weighted by Crippen LogP contribution is 2.16. The molecule has 12 heavy (non-hydrogen) atoms. The Balaban J connectivity index is 3.31. The van der Waals surface area contributed by atoms with Crippen LogP contribution in [0.3, 0.4) is 0 Å². The fourth-order valence-electron chi connectivity index (χ4n) is 0.734. The van der Waals surface area contributed by atoms with E-state index in [9.17, 15) is 13.6 Å². The second kappa shape index (κ2) is 2.77. The minimum atomic E-state index is -1.35. The lowest BCUT2D eigenvalue weighted by atomic mass is 10.2. The number of hydrogen-bond acceptors (Lipinski definition) is 2. The van der Waals surface area contributed by atoms with Crippen LogP contribution in [-0.4, -0.2) is 11.1 Å². The summed E-state index contributed by atoms with van der Waals surface area (Å²) in [5, 5.41) is 8.38. The number of carboxylic acid groups (broad SMARTS) is 1. The molecule has 3 N–H and O–H groups in total. The highest BCUT2D eigenvalue weighted by molar-refractivity contribution is 5.88. The van der Waals surface area contributed by atoms with Crippen LogP contribution in [0.5, 0.6) is 0 Å². The Morgan fingerprint density at radius 1 is 1.42 bits per heavy atom. The lowest BCUT2D eigenvalue weighted by Crippen LogP contribution is -2.02. The van der Waals surface area contributed by atoms with E-state index in [1.807, 2.05) is 0 Å². The van der Waals surface area contributed by atoms with Gasteiger partial charge in [0.15, 0.2) is 11.6 Å². The Morgan fingerprint density at radius 3 is 2.42 bits per heavy atom. The molecule has 1 aromatic rings. The van der Waals surface area contributed by atoms with Gasteiger partial charge in [0.05, 0.1) is 11.3 Å². The van der Waals surface area contributed by atoms with Crippen molar-refractivity contribution in [1.82, 2.24) is 0 Å². The summed E-state index contributed by atoms with van der Waals surface area (Å²) < 4.78 is 25.0. The quantitative estimate of drug-likeness (QED) is 0.628. The zero-order valence-corrected chi connectivity index (χ0v) is 5.84. The van der Waals surface area contributed by atoms with E-state index in [0.717, 1.165) is 6.07 Å². The number of benzene rings is 1. The van der Waals surface area contributed by atoms with Gasteiger partial charge in [-0.3, -0.25) is 0 Å². The average Bonchev–Trinajstić information content (AvgIpc) is 1.99. The highest BCUT2D eigenvalue weighted by Gasteiger charge is 2.11. The average molecular weight is 173 g/mol. The Kier molecular flexibility index (Phi) is 1.95. The van der Waals surface area contributed by atoms with Crippen molar-refractivity contribution in [3.8, 4) is 0 Å². The fraction of sp³-hybridized carbons (Fsp3) is 0. The predicted molar refractivity (Wildman–Crippen MR) is 37.7 cm³/mol. The van der Waals surface area contributed by atoms with E-state index < -0.39 is 23.3 Å². The van der Waals surface area contributed by atoms with Gasteiger partial charge in [0.25, 0.3) is 0 Å². The molecular weight excluding hydrogens is 168 g/mol. The number of aromatic carboxylic acids is 1. The van der Waals surface area contributed by atoms with E-state index in [4.69, 9.17) is 10.8 Å². The fourth-order valence-corrected chi connectivity index (χ4v) is 0.734. The van der Waals surface area contributed by atoms with Gasteiger partial charge >= 0.3 is 5.97 Å². The molecule has 5 heteroatoms. The number of anilines is 1. The molecule has 0 aliphatic rings. The Hall–Kier alpha value is -1.65. The van der Waals surface area contributed by atoms with Crippen LogP contribution in [0.4, 0.5) is 14.5 Å². The lowest BCUT2D eigenvalue weighted by Gasteiger charge is -1.99. The molecule has 0 unspecified atom stereocenters. The first-order valence-corrected chi connectivity index (χ1v) is 3.00. The maximum Gasteiger partial charge on any atom is 0.335 e. The molecule has 1 aromatic carbocycles. The van der Waals surface area contributed by atoms with Crippen LogP contribution >= 0.6 is 0 Å². The zero-order chi connectivity index (χ0) is 9.30. The summed E-state index contributed by atoms with van der Waals surface area (Å²) in [6, 6.07) is 1.44. The van der Waals surface area contributed by atoms with Crippen molar-refractivity contribution in [3.63, 3.8) is 0 Å². The first kappa shape index (κ1) is 8.45. The maximum atomic E-state index is 12.5. The molecule has 0 aromatic heterocycles. The Labute approximate surface area is 66.4 Å². The van der Waals surface area contributed by atoms with Crippen molar-refractivity contribution in [1.29, 1.82) is 0 Å². The number of hydrogen-bond donors (Lipinski definition) is 2. The van der Waals surface area contributed by atoms with Crippen molar-refractivity contribution in [3.05, 3.63) is 29.3 Å². The minimum absolute atomic E-state index is 0.369. The van der Waals surface area contributed by atoms with Crippen molar-refractivity contribution >= 4 is 11.7 Å². The summed E-state index contributed by atoms with van der Waals surface area (Å²) in [5.74, 6) is -3.83. The van der Waals surface area contributed by atoms with Crippen LogP contribution in [0.25, 0.3) is 0 Å². The largest absolute Gasteiger partial charge is 0.478 e. The van der Waals surface area contributed by atoms with Gasteiger partial charge in [-0.1, -0.05) is 0 Å². The predicted octanol–water partition coefficient (Wildman–Crippen LogP) is 1.25. The molecule has 1 rings (SSSR count). The Morgan fingerprint density at radius 2 is 2.00 bits per heavy atom. The van der Waals surface area contributed by atoms with E-state index in [0.29, 0.717) is 6.07 Å². The standard InChI is InChI=1S/C7H5F2NO2/c8-4-1-3(7(11)12)2-5(10)6(4)9/h1-2H,10H2,(H,11,12). The van der Waals surface area contributed by atoms with Gasteiger partial charge in [0.1, 0.15) is 0 Å². The second-order valence-electron chi connectivity index (χ2n) is 2.17. The first-order chi connectivity index (χ1) is 5.52. The topological polar surface area (TPSA) is 63.3 Å². The van der Waals surface area contributed by atoms with Crippen molar-refractivity contribution in [2.45, 2.75) is 0 Å². The zero-order valence-electron chi connectivity index (χ0n) is 5.84. The third kappa shape index (κ3) is 1.34. The molecule has 0 saturated carbocycles. The third-order valence-electron chi connectivity index (χ3n) is 1.30. The molecule has 0 spiro atoms. The molecule has 0 saturated heterocycles. The summed E-state index contributed by atoms with van der Waals surface area (Å²) in [6.45, 7) is 0. The molecule has 64 valence electrons. The third-order valence-corrected chi connectivity index (χ3v) is 1.30. The van der Waals surface area contributed by atoms with E-state index in [-0.39, 0.29) is 5.56 Å². The van der Waals surface area contributed by atoms with E-state index in [1.54, 1.807) is 0 Å². The number of nitrogens with two attached hydrogens (primary N) is 1. The summed E-state index contributed by atoms with van der Waals surface area (Å²) in [5.41, 5.74) is 4.10. The second-order valence-corrected chi connectivity index (χ2v) is 2.17. The lowest BCUT2D eigenvalue weighted by molar-refractivity contribution is 0.0696. The van der Waals surface area contributed by atoms with E-state index in [2.05, 4.69) is 0 Å². The Bertz CT molecular complexity index is 315. The molecule has 0 atom stereocenters. The van der Waals surface area contributed by atoms with Gasteiger partial charge in [-0.25, -0.2) is 13.6 Å². The number of carboxylic acids is 1. The maximum absolute atomic E-state index is 12.5. The number of halogens is 2. The van der Waals surface area contributed by atoms with Gasteiger partial charge < -0.3 is 10.8 Å². The highest BCUT2D eigenvalue weighted by atomic mass is 19.2. The molecule has 0 heterocycles. The van der Waals surface area contributed by atoms with Crippen LogP contribution in [0.15, 0.2) is 12.1 Å². The molecule has 3 nitrogen and oxygen atoms in total. The SMILES string of the molecule is Nc1cc(C(=O)O)cc(F)c1F. The first-order valence-electron chi connectivity index (χ1n) is 3.00. The number of nitrogen functional groups attached to an aromatic ring is 1. The van der Waals surface area contributed by atoms with E-state index in [1.165, 1.54) is 0 Å². The van der Waals surface area contributed by atoms with Crippen molar-refractivity contribution in [2.24, 2.45) is 0 Å². The van der Waals surface area contributed by atoms with Crippen LogP contribution in [-0.2, 0) is 0 Å². The minimum Gasteiger partial charge on any atom is -0.478 e. The molecule has 0 fully saturated rings. The monoisotopic (exact) mass is 173 g/mol. The number of carbonyl (C=O) groups is 1. The molecule has 0 radical (unpaired) electrons. The van der Waals surface area contributed by atoms with E-state index >= 15 is 0 Å². The summed E-state index contributed by atoms with van der Waals surface area (Å²) in [7, 11) is 0. The summed E-state index contributed by atoms with van der Waals surface area (Å²) >= 11 is 0. The molecule has 0 aliphatic carbocycles. The molecule has 0 bridgehead atoms. The van der Waals surface area contributed by atoms with Crippen LogP contribution < -0.4 is 5.73 Å². The van der Waals surface area contributed by atoms with Gasteiger partial charge in [-0.2, -0.15) is 0 Å². The van der Waals surface area contributed by atoms with Gasteiger partial charge in [0, 0.05) is 0 Å². The number of rotatable bonds is 1. The van der Waals surface area contributed by atoms with Gasteiger partial charge in [-0.15, -0.1) is 0 Å². The van der Waals surface area contributed by atoms with Crippen LogP contribution in [0.2, 0.25) is 0 Å². The van der Waals surface area contributed by atoms with Crippen LogP contribution in [0, 0.1) is 11.6 Å².